The van der Waals surface area contributed by atoms with E-state index in [2.05, 4.69) is 9.71 Å². The molecular formula is C18H22N4O3S. The van der Waals surface area contributed by atoms with E-state index in [4.69, 9.17) is 0 Å². The molecule has 0 spiro atoms. The Balaban J connectivity index is 1.51. The number of benzene rings is 1. The van der Waals surface area contributed by atoms with Crippen molar-refractivity contribution in [2.45, 2.75) is 43.5 Å². The third kappa shape index (κ3) is 3.26. The summed E-state index contributed by atoms with van der Waals surface area (Å²) in [5.41, 5.74) is 2.90. The molecule has 0 saturated heterocycles. The number of carbonyl (C=O) groups excluding carboxylic acids is 1. The Morgan fingerprint density at radius 2 is 1.96 bits per heavy atom. The summed E-state index contributed by atoms with van der Waals surface area (Å²) in [6, 6.07) is 3.48. The number of carbonyl (C=O) groups is 1. The minimum absolute atomic E-state index is 0.145. The van der Waals surface area contributed by atoms with Gasteiger partial charge in [-0.25, -0.2) is 18.1 Å². The lowest BCUT2D eigenvalue weighted by Crippen LogP contribution is -2.39. The van der Waals surface area contributed by atoms with Gasteiger partial charge in [-0.1, -0.05) is 0 Å². The highest BCUT2D eigenvalue weighted by Crippen LogP contribution is 2.37. The van der Waals surface area contributed by atoms with Gasteiger partial charge >= 0.3 is 0 Å². The van der Waals surface area contributed by atoms with E-state index in [1.807, 2.05) is 15.7 Å². The largest absolute Gasteiger partial charge is 0.337 e. The first-order chi connectivity index (χ1) is 12.5. The Morgan fingerprint density at radius 1 is 1.15 bits per heavy atom. The quantitative estimate of drug-likeness (QED) is 0.776. The second-order valence-corrected chi connectivity index (χ2v) is 8.56. The van der Waals surface area contributed by atoms with Gasteiger partial charge in [0.2, 0.25) is 15.9 Å². The maximum atomic E-state index is 12.7. The van der Waals surface area contributed by atoms with E-state index in [0.717, 1.165) is 42.7 Å². The van der Waals surface area contributed by atoms with E-state index in [9.17, 15) is 13.2 Å². The number of sulfonamides is 1. The molecule has 2 aromatic rings. The lowest BCUT2D eigenvalue weighted by atomic mass is 9.92. The predicted molar refractivity (Wildman–Crippen MR) is 97.5 cm³/mol. The van der Waals surface area contributed by atoms with E-state index in [1.54, 1.807) is 24.7 Å². The summed E-state index contributed by atoms with van der Waals surface area (Å²) in [7, 11) is -3.55. The molecule has 0 radical (unpaired) electrons. The number of rotatable bonds is 6. The zero-order chi connectivity index (χ0) is 18.1. The molecule has 0 fully saturated rings. The molecule has 3 heterocycles. The van der Waals surface area contributed by atoms with Gasteiger partial charge in [0.1, 0.15) is 0 Å². The molecular weight excluding hydrogens is 352 g/mol. The van der Waals surface area contributed by atoms with Crippen molar-refractivity contribution in [3.05, 3.63) is 42.0 Å². The molecule has 2 aliphatic heterocycles. The summed E-state index contributed by atoms with van der Waals surface area (Å²) in [5.74, 6) is 0.145. The number of imidazole rings is 1. The Morgan fingerprint density at radius 3 is 2.73 bits per heavy atom. The molecule has 26 heavy (non-hydrogen) atoms. The average Bonchev–Trinajstić information content (AvgIpc) is 3.15. The van der Waals surface area contributed by atoms with Crippen LogP contribution in [-0.4, -0.2) is 37.0 Å². The molecule has 8 heteroatoms. The minimum atomic E-state index is -3.55. The normalized spacial score (nSPS) is 16.6. The Bertz CT molecular complexity index is 905. The van der Waals surface area contributed by atoms with Crippen LogP contribution in [0.2, 0.25) is 0 Å². The highest BCUT2D eigenvalue weighted by Gasteiger charge is 2.31. The molecule has 1 aromatic carbocycles. The van der Waals surface area contributed by atoms with Crippen LogP contribution in [0.5, 0.6) is 0 Å². The zero-order valence-electron chi connectivity index (χ0n) is 14.5. The lowest BCUT2D eigenvalue weighted by Gasteiger charge is -2.35. The molecule has 138 valence electrons. The topological polar surface area (TPSA) is 84.3 Å². The highest BCUT2D eigenvalue weighted by molar-refractivity contribution is 7.89. The number of nitrogens with zero attached hydrogens (tertiary/aromatic N) is 3. The van der Waals surface area contributed by atoms with Gasteiger partial charge in [0.15, 0.2) is 0 Å². The van der Waals surface area contributed by atoms with Crippen LogP contribution >= 0.6 is 0 Å². The van der Waals surface area contributed by atoms with Gasteiger partial charge < -0.3 is 9.47 Å². The third-order valence-electron chi connectivity index (χ3n) is 5.00. The van der Waals surface area contributed by atoms with Gasteiger partial charge in [0, 0.05) is 38.4 Å². The number of aryl methyl sites for hydroxylation is 3. The van der Waals surface area contributed by atoms with Gasteiger partial charge in [-0.2, -0.15) is 0 Å². The van der Waals surface area contributed by atoms with Crippen LogP contribution < -0.4 is 9.62 Å². The van der Waals surface area contributed by atoms with E-state index in [1.165, 1.54) is 0 Å². The smallest absolute Gasteiger partial charge is 0.240 e. The molecule has 1 N–H and O–H groups in total. The Kier molecular flexibility index (Phi) is 4.54. The molecule has 0 saturated carbocycles. The third-order valence-corrected chi connectivity index (χ3v) is 6.44. The molecule has 0 atom stereocenters. The van der Waals surface area contributed by atoms with Crippen LogP contribution in [0.4, 0.5) is 5.69 Å². The molecule has 4 rings (SSSR count). The van der Waals surface area contributed by atoms with E-state index in [-0.39, 0.29) is 5.91 Å². The molecule has 2 aliphatic rings. The molecule has 7 nitrogen and oxygen atoms in total. The summed E-state index contributed by atoms with van der Waals surface area (Å²) in [6.07, 6.45) is 8.73. The number of nitrogens with one attached hydrogen (secondary N) is 1. The summed E-state index contributed by atoms with van der Waals surface area (Å²) >= 11 is 0. The molecule has 0 aliphatic carbocycles. The van der Waals surface area contributed by atoms with Crippen LogP contribution in [0.25, 0.3) is 0 Å². The van der Waals surface area contributed by atoms with Crippen molar-refractivity contribution in [2.75, 3.05) is 18.0 Å². The number of amides is 1. The van der Waals surface area contributed by atoms with E-state index in [0.29, 0.717) is 30.7 Å². The van der Waals surface area contributed by atoms with Crippen molar-refractivity contribution >= 4 is 21.6 Å². The summed E-state index contributed by atoms with van der Waals surface area (Å²) in [5, 5.41) is 0. The van der Waals surface area contributed by atoms with Crippen molar-refractivity contribution in [3.8, 4) is 0 Å². The fourth-order valence-electron chi connectivity index (χ4n) is 3.75. The first-order valence-corrected chi connectivity index (χ1v) is 10.4. The summed E-state index contributed by atoms with van der Waals surface area (Å²) < 4.78 is 30.0. The van der Waals surface area contributed by atoms with Gasteiger partial charge in [0.05, 0.1) is 16.9 Å². The van der Waals surface area contributed by atoms with Crippen LogP contribution in [0, 0.1) is 0 Å². The maximum absolute atomic E-state index is 12.7. The fraction of sp³-hybridized carbons (Fsp3) is 0.444. The minimum Gasteiger partial charge on any atom is -0.337 e. The monoisotopic (exact) mass is 374 g/mol. The van der Waals surface area contributed by atoms with Crippen molar-refractivity contribution in [3.63, 3.8) is 0 Å². The maximum Gasteiger partial charge on any atom is 0.240 e. The number of hydrogen-bond acceptors (Lipinski definition) is 4. The van der Waals surface area contributed by atoms with Gasteiger partial charge in [0.25, 0.3) is 0 Å². The first kappa shape index (κ1) is 17.2. The molecule has 1 amide bonds. The number of hydrogen-bond donors (Lipinski definition) is 1. The van der Waals surface area contributed by atoms with Crippen LogP contribution in [-0.2, 0) is 34.2 Å². The van der Waals surface area contributed by atoms with Crippen LogP contribution in [0.15, 0.2) is 35.7 Å². The number of anilines is 1. The standard InChI is InChI=1S/C18H22N4O3S/c23-17-5-4-15-12-16(11-14-3-1-9-22(17)18(14)15)26(24,25)20-6-2-8-21-10-7-19-13-21/h7,10-13,20H,1-6,8-9H2. The zero-order valence-corrected chi connectivity index (χ0v) is 15.3. The molecule has 0 unspecified atom stereocenters. The number of aromatic nitrogens is 2. The Hall–Kier alpha value is -2.19. The van der Waals surface area contributed by atoms with Crippen molar-refractivity contribution in [1.29, 1.82) is 0 Å². The van der Waals surface area contributed by atoms with Crippen LogP contribution in [0.3, 0.4) is 0 Å². The van der Waals surface area contributed by atoms with Gasteiger partial charge in [-0.05, 0) is 48.9 Å². The van der Waals surface area contributed by atoms with Crippen molar-refractivity contribution in [2.24, 2.45) is 0 Å². The van der Waals surface area contributed by atoms with Crippen molar-refractivity contribution in [1.82, 2.24) is 14.3 Å². The van der Waals surface area contributed by atoms with Gasteiger partial charge in [-0.15, -0.1) is 0 Å². The molecule has 0 bridgehead atoms. The predicted octanol–water partition coefficient (Wildman–Crippen LogP) is 1.48. The fourth-order valence-corrected chi connectivity index (χ4v) is 4.92. The average molecular weight is 374 g/mol. The van der Waals surface area contributed by atoms with Gasteiger partial charge in [-0.3, -0.25) is 4.79 Å². The van der Waals surface area contributed by atoms with E-state index >= 15 is 0 Å². The highest BCUT2D eigenvalue weighted by atomic mass is 32.2. The summed E-state index contributed by atoms with van der Waals surface area (Å²) in [6.45, 7) is 1.82. The lowest BCUT2D eigenvalue weighted by molar-refractivity contribution is -0.119. The second-order valence-electron chi connectivity index (χ2n) is 6.79. The SMILES string of the molecule is O=C1CCc2cc(S(=O)(=O)NCCCn3ccnc3)cc3c2N1CCC3. The van der Waals surface area contributed by atoms with Crippen molar-refractivity contribution < 1.29 is 13.2 Å². The Labute approximate surface area is 153 Å². The second kappa shape index (κ2) is 6.85. The van der Waals surface area contributed by atoms with E-state index < -0.39 is 10.0 Å². The molecule has 1 aromatic heterocycles. The first-order valence-electron chi connectivity index (χ1n) is 8.96. The summed E-state index contributed by atoms with van der Waals surface area (Å²) in [4.78, 5) is 18.2. The van der Waals surface area contributed by atoms with Crippen LogP contribution in [0.1, 0.15) is 30.4 Å².